The Balaban J connectivity index is 1.80. The van der Waals surface area contributed by atoms with Crippen LogP contribution in [0, 0.1) is 6.92 Å². The van der Waals surface area contributed by atoms with E-state index < -0.39 is 0 Å². The molecule has 7 heteroatoms. The van der Waals surface area contributed by atoms with Crippen LogP contribution in [0.3, 0.4) is 0 Å². The molecule has 0 atom stereocenters. The Bertz CT molecular complexity index is 862. The van der Waals surface area contributed by atoms with Crippen LogP contribution < -0.4 is 0 Å². The van der Waals surface area contributed by atoms with Crippen LogP contribution in [0.15, 0.2) is 56.6 Å². The summed E-state index contributed by atoms with van der Waals surface area (Å²) in [6.45, 7) is 1.99. The number of hydrogen-bond donors (Lipinski definition) is 1. The smallest absolute Gasteiger partial charge is 0.284 e. The maximum Gasteiger partial charge on any atom is 0.284 e. The first-order valence-electron chi connectivity index (χ1n) is 6.64. The fraction of sp³-hybridized carbons (Fsp3) is 0.0625. The summed E-state index contributed by atoms with van der Waals surface area (Å²) < 4.78 is 6.20. The highest BCUT2D eigenvalue weighted by atomic mass is 79.9. The SMILES string of the molecule is Cc1ccc(-c2nnc(SC(=O)c3cc(Br)ccc3O)o2)cc1. The summed E-state index contributed by atoms with van der Waals surface area (Å²) in [4.78, 5) is 12.2. The molecule has 0 aliphatic carbocycles. The van der Waals surface area contributed by atoms with Gasteiger partial charge in [0.15, 0.2) is 0 Å². The van der Waals surface area contributed by atoms with Crippen molar-refractivity contribution in [3.63, 3.8) is 0 Å². The minimum absolute atomic E-state index is 0.0935. The maximum absolute atomic E-state index is 12.2. The molecule has 2 aromatic carbocycles. The molecule has 1 aromatic heterocycles. The van der Waals surface area contributed by atoms with Crippen LogP contribution in [0.1, 0.15) is 15.9 Å². The predicted octanol–water partition coefficient (Wildman–Crippen LogP) is 4.45. The first kappa shape index (κ1) is 15.8. The second-order valence-electron chi connectivity index (χ2n) is 4.79. The molecule has 0 spiro atoms. The minimum Gasteiger partial charge on any atom is -0.507 e. The first-order chi connectivity index (χ1) is 11.0. The van der Waals surface area contributed by atoms with Gasteiger partial charge in [0.1, 0.15) is 5.75 Å². The van der Waals surface area contributed by atoms with Gasteiger partial charge in [0.2, 0.25) is 11.0 Å². The van der Waals surface area contributed by atoms with E-state index in [0.717, 1.165) is 22.9 Å². The first-order valence-corrected chi connectivity index (χ1v) is 8.25. The zero-order valence-corrected chi connectivity index (χ0v) is 14.4. The molecule has 3 aromatic rings. The quantitative estimate of drug-likeness (QED) is 0.665. The van der Waals surface area contributed by atoms with E-state index in [2.05, 4.69) is 26.1 Å². The predicted molar refractivity (Wildman–Crippen MR) is 90.5 cm³/mol. The fourth-order valence-corrected chi connectivity index (χ4v) is 2.87. The summed E-state index contributed by atoms with van der Waals surface area (Å²) in [6, 6.07) is 12.3. The molecular formula is C16H11BrN2O3S. The third-order valence-electron chi connectivity index (χ3n) is 3.06. The third-order valence-corrected chi connectivity index (χ3v) is 4.30. The standard InChI is InChI=1S/C16H11BrN2O3S/c1-9-2-4-10(5-3-9)14-18-19-16(22-14)23-15(21)12-8-11(17)6-7-13(12)20/h2-8,20H,1H3. The lowest BCUT2D eigenvalue weighted by atomic mass is 10.1. The summed E-state index contributed by atoms with van der Waals surface area (Å²) in [5.74, 6) is 0.253. The average molecular weight is 391 g/mol. The summed E-state index contributed by atoms with van der Waals surface area (Å²) in [5, 5.41) is 17.3. The van der Waals surface area contributed by atoms with Gasteiger partial charge in [-0.25, -0.2) is 0 Å². The molecule has 0 radical (unpaired) electrons. The number of aromatic hydroxyl groups is 1. The van der Waals surface area contributed by atoms with Gasteiger partial charge in [0.05, 0.1) is 5.56 Å². The number of benzene rings is 2. The second kappa shape index (κ2) is 6.55. The zero-order chi connectivity index (χ0) is 16.4. The van der Waals surface area contributed by atoms with Crippen LogP contribution in [0.2, 0.25) is 0 Å². The van der Waals surface area contributed by atoms with E-state index in [1.54, 1.807) is 12.1 Å². The van der Waals surface area contributed by atoms with Crippen molar-refractivity contribution in [1.82, 2.24) is 10.2 Å². The van der Waals surface area contributed by atoms with Crippen LogP contribution in [-0.4, -0.2) is 20.4 Å². The molecule has 0 saturated carbocycles. The maximum atomic E-state index is 12.2. The molecule has 1 N–H and O–H groups in total. The van der Waals surface area contributed by atoms with Crippen LogP contribution >= 0.6 is 27.7 Å². The number of phenols is 1. The topological polar surface area (TPSA) is 76.2 Å². The van der Waals surface area contributed by atoms with Crippen LogP contribution in [-0.2, 0) is 0 Å². The monoisotopic (exact) mass is 390 g/mol. The highest BCUT2D eigenvalue weighted by Gasteiger charge is 2.18. The van der Waals surface area contributed by atoms with Crippen molar-refractivity contribution in [2.75, 3.05) is 0 Å². The zero-order valence-electron chi connectivity index (χ0n) is 12.0. The molecule has 0 amide bonds. The molecule has 3 rings (SSSR count). The average Bonchev–Trinajstić information content (AvgIpc) is 2.99. The van der Waals surface area contributed by atoms with E-state index in [0.29, 0.717) is 10.4 Å². The molecular weight excluding hydrogens is 380 g/mol. The van der Waals surface area contributed by atoms with Crippen molar-refractivity contribution >= 4 is 32.8 Å². The normalized spacial score (nSPS) is 10.7. The Kier molecular flexibility index (Phi) is 4.49. The van der Waals surface area contributed by atoms with Gasteiger partial charge in [0, 0.05) is 21.8 Å². The number of rotatable bonds is 3. The lowest BCUT2D eigenvalue weighted by Crippen LogP contribution is -1.94. The van der Waals surface area contributed by atoms with Gasteiger partial charge in [-0.3, -0.25) is 4.79 Å². The molecule has 1 heterocycles. The van der Waals surface area contributed by atoms with E-state index in [4.69, 9.17) is 4.42 Å². The van der Waals surface area contributed by atoms with Crippen LogP contribution in [0.4, 0.5) is 0 Å². The van der Waals surface area contributed by atoms with E-state index in [1.807, 2.05) is 31.2 Å². The van der Waals surface area contributed by atoms with Gasteiger partial charge in [-0.1, -0.05) is 33.6 Å². The van der Waals surface area contributed by atoms with Gasteiger partial charge in [-0.15, -0.1) is 10.2 Å². The summed E-state index contributed by atoms with van der Waals surface area (Å²) in [7, 11) is 0. The van der Waals surface area contributed by atoms with Crippen molar-refractivity contribution in [2.45, 2.75) is 12.1 Å². The molecule has 0 unspecified atom stereocenters. The number of aromatic nitrogens is 2. The number of carbonyl (C=O) groups excluding carboxylic acids is 1. The number of hydrogen-bond acceptors (Lipinski definition) is 6. The van der Waals surface area contributed by atoms with Crippen molar-refractivity contribution in [3.05, 3.63) is 58.1 Å². The second-order valence-corrected chi connectivity index (χ2v) is 6.63. The number of carbonyl (C=O) groups is 1. The third kappa shape index (κ3) is 3.62. The summed E-state index contributed by atoms with van der Waals surface area (Å²) in [6.07, 6.45) is 0. The molecule has 0 aliphatic heterocycles. The number of thioether (sulfide) groups is 1. The van der Waals surface area contributed by atoms with E-state index in [9.17, 15) is 9.90 Å². The molecule has 5 nitrogen and oxygen atoms in total. The van der Waals surface area contributed by atoms with Crippen molar-refractivity contribution in [3.8, 4) is 17.2 Å². The number of phenolic OH excluding ortho intramolecular Hbond substituents is 1. The highest BCUT2D eigenvalue weighted by Crippen LogP contribution is 2.30. The lowest BCUT2D eigenvalue weighted by molar-refractivity contribution is 0.108. The van der Waals surface area contributed by atoms with Crippen molar-refractivity contribution in [1.29, 1.82) is 0 Å². The molecule has 0 aliphatic rings. The molecule has 116 valence electrons. The van der Waals surface area contributed by atoms with Crippen LogP contribution in [0.5, 0.6) is 5.75 Å². The van der Waals surface area contributed by atoms with Crippen molar-refractivity contribution in [2.24, 2.45) is 0 Å². The van der Waals surface area contributed by atoms with Gasteiger partial charge in [-0.2, -0.15) is 0 Å². The molecule has 0 fully saturated rings. The van der Waals surface area contributed by atoms with E-state index in [1.165, 1.54) is 6.07 Å². The summed E-state index contributed by atoms with van der Waals surface area (Å²) in [5.41, 5.74) is 2.09. The molecule has 0 bridgehead atoms. The van der Waals surface area contributed by atoms with E-state index in [-0.39, 0.29) is 21.7 Å². The van der Waals surface area contributed by atoms with Crippen LogP contribution in [0.25, 0.3) is 11.5 Å². The molecule has 23 heavy (non-hydrogen) atoms. The Morgan fingerprint density at radius 2 is 1.91 bits per heavy atom. The van der Waals surface area contributed by atoms with Gasteiger partial charge in [-0.05, 0) is 37.3 Å². The largest absolute Gasteiger partial charge is 0.507 e. The Labute approximate surface area is 144 Å². The number of aryl methyl sites for hydroxylation is 1. The highest BCUT2D eigenvalue weighted by molar-refractivity contribution is 9.10. The number of halogens is 1. The fourth-order valence-electron chi connectivity index (χ4n) is 1.87. The minimum atomic E-state index is -0.372. The Morgan fingerprint density at radius 3 is 2.65 bits per heavy atom. The summed E-state index contributed by atoms with van der Waals surface area (Å²) >= 11 is 4.04. The van der Waals surface area contributed by atoms with E-state index >= 15 is 0 Å². The Hall–Kier alpha value is -2.12. The lowest BCUT2D eigenvalue weighted by Gasteiger charge is -2.01. The Morgan fingerprint density at radius 1 is 1.17 bits per heavy atom. The van der Waals surface area contributed by atoms with Crippen molar-refractivity contribution < 1.29 is 14.3 Å². The number of nitrogens with zero attached hydrogens (tertiary/aromatic N) is 2. The van der Waals surface area contributed by atoms with Gasteiger partial charge < -0.3 is 9.52 Å². The van der Waals surface area contributed by atoms with Gasteiger partial charge in [0.25, 0.3) is 5.22 Å². The molecule has 0 saturated heterocycles. The van der Waals surface area contributed by atoms with Gasteiger partial charge >= 0.3 is 0 Å².